The SMILES string of the molecule is CC.CC.CCCOCCOCCOCCOCCC(=O)N(C)CC. The van der Waals surface area contributed by atoms with Crippen molar-refractivity contribution in [3.63, 3.8) is 0 Å². The van der Waals surface area contributed by atoms with Gasteiger partial charge < -0.3 is 23.8 Å². The molecule has 0 radical (unpaired) electrons. The Morgan fingerprint density at radius 1 is 0.680 bits per heavy atom. The average molecular weight is 366 g/mol. The zero-order valence-electron chi connectivity index (χ0n) is 17.8. The number of nitrogens with zero attached hydrogens (tertiary/aromatic N) is 1. The van der Waals surface area contributed by atoms with E-state index >= 15 is 0 Å². The summed E-state index contributed by atoms with van der Waals surface area (Å²) in [5.41, 5.74) is 0. The van der Waals surface area contributed by atoms with Crippen LogP contribution in [0.4, 0.5) is 0 Å². The Bertz CT molecular complexity index is 240. The van der Waals surface area contributed by atoms with Crippen LogP contribution in [0.3, 0.4) is 0 Å². The van der Waals surface area contributed by atoms with Crippen molar-refractivity contribution in [2.75, 3.05) is 66.4 Å². The fourth-order valence-electron chi connectivity index (χ4n) is 1.43. The van der Waals surface area contributed by atoms with Crippen LogP contribution in [0.15, 0.2) is 0 Å². The van der Waals surface area contributed by atoms with Crippen LogP contribution in [0.1, 0.15) is 54.4 Å². The first-order valence-electron chi connectivity index (χ1n) is 9.77. The van der Waals surface area contributed by atoms with Crippen LogP contribution in [0, 0.1) is 0 Å². The van der Waals surface area contributed by atoms with Gasteiger partial charge >= 0.3 is 0 Å². The maximum atomic E-state index is 11.5. The van der Waals surface area contributed by atoms with Gasteiger partial charge in [0.15, 0.2) is 0 Å². The zero-order valence-corrected chi connectivity index (χ0v) is 17.8. The highest BCUT2D eigenvalue weighted by molar-refractivity contribution is 5.75. The molecular weight excluding hydrogens is 322 g/mol. The number of hydrogen-bond donors (Lipinski definition) is 0. The Kier molecular flexibility index (Phi) is 32.7. The summed E-state index contributed by atoms with van der Waals surface area (Å²) in [4.78, 5) is 13.1. The molecule has 0 spiro atoms. The normalized spacial score (nSPS) is 9.56. The summed E-state index contributed by atoms with van der Waals surface area (Å²) < 4.78 is 21.3. The second-order valence-corrected chi connectivity index (χ2v) is 4.61. The van der Waals surface area contributed by atoms with Gasteiger partial charge in [-0.25, -0.2) is 0 Å². The molecule has 0 rings (SSSR count). The highest BCUT2D eigenvalue weighted by Gasteiger charge is 2.05. The summed E-state index contributed by atoms with van der Waals surface area (Å²) in [5, 5.41) is 0. The van der Waals surface area contributed by atoms with Crippen LogP contribution in [0.2, 0.25) is 0 Å². The minimum Gasteiger partial charge on any atom is -0.379 e. The third kappa shape index (κ3) is 25.7. The molecule has 0 aliphatic rings. The minimum atomic E-state index is 0.108. The molecule has 0 unspecified atom stereocenters. The lowest BCUT2D eigenvalue weighted by atomic mass is 10.4. The summed E-state index contributed by atoms with van der Waals surface area (Å²) >= 11 is 0. The highest BCUT2D eigenvalue weighted by atomic mass is 16.6. The monoisotopic (exact) mass is 365 g/mol. The van der Waals surface area contributed by atoms with Crippen LogP contribution in [-0.2, 0) is 23.7 Å². The molecule has 0 bridgehead atoms. The molecule has 0 aliphatic carbocycles. The van der Waals surface area contributed by atoms with Gasteiger partial charge in [-0.15, -0.1) is 0 Å². The van der Waals surface area contributed by atoms with Crippen molar-refractivity contribution in [1.82, 2.24) is 4.90 Å². The smallest absolute Gasteiger partial charge is 0.224 e. The Hall–Kier alpha value is -0.690. The molecule has 0 atom stereocenters. The van der Waals surface area contributed by atoms with E-state index in [0.717, 1.165) is 19.6 Å². The van der Waals surface area contributed by atoms with Gasteiger partial charge in [-0.3, -0.25) is 4.79 Å². The number of amides is 1. The van der Waals surface area contributed by atoms with Crippen LogP contribution in [-0.4, -0.2) is 77.3 Å². The summed E-state index contributed by atoms with van der Waals surface area (Å²) in [6, 6.07) is 0. The summed E-state index contributed by atoms with van der Waals surface area (Å²) in [6.07, 6.45) is 1.45. The van der Waals surface area contributed by atoms with Crippen molar-refractivity contribution >= 4 is 5.91 Å². The van der Waals surface area contributed by atoms with Gasteiger partial charge in [-0.2, -0.15) is 0 Å². The second-order valence-electron chi connectivity index (χ2n) is 4.61. The van der Waals surface area contributed by atoms with Crippen molar-refractivity contribution in [2.24, 2.45) is 0 Å². The third-order valence-corrected chi connectivity index (χ3v) is 2.82. The zero-order chi connectivity index (χ0) is 19.8. The highest BCUT2D eigenvalue weighted by Crippen LogP contribution is 1.91. The molecule has 0 heterocycles. The van der Waals surface area contributed by atoms with E-state index in [9.17, 15) is 4.79 Å². The van der Waals surface area contributed by atoms with Crippen molar-refractivity contribution in [3.05, 3.63) is 0 Å². The molecule has 0 aliphatic heterocycles. The topological polar surface area (TPSA) is 57.2 Å². The molecular formula is C19H43NO5. The molecule has 6 nitrogen and oxygen atoms in total. The van der Waals surface area contributed by atoms with Crippen LogP contribution in [0.25, 0.3) is 0 Å². The molecule has 0 aromatic carbocycles. The molecule has 25 heavy (non-hydrogen) atoms. The molecule has 1 amide bonds. The van der Waals surface area contributed by atoms with E-state index in [1.54, 1.807) is 11.9 Å². The van der Waals surface area contributed by atoms with E-state index in [0.29, 0.717) is 52.7 Å². The van der Waals surface area contributed by atoms with Gasteiger partial charge in [0, 0.05) is 20.2 Å². The summed E-state index contributed by atoms with van der Waals surface area (Å²) in [7, 11) is 1.79. The number of carbonyl (C=O) groups excluding carboxylic acids is 1. The van der Waals surface area contributed by atoms with Gasteiger partial charge in [0.25, 0.3) is 0 Å². The molecule has 0 aromatic heterocycles. The van der Waals surface area contributed by atoms with Crippen molar-refractivity contribution in [1.29, 1.82) is 0 Å². The maximum absolute atomic E-state index is 11.5. The number of hydrogen-bond acceptors (Lipinski definition) is 5. The number of rotatable bonds is 15. The minimum absolute atomic E-state index is 0.108. The summed E-state index contributed by atoms with van der Waals surface area (Å²) in [5.74, 6) is 0.108. The molecule has 0 aromatic rings. The fraction of sp³-hybridized carbons (Fsp3) is 0.947. The van der Waals surface area contributed by atoms with Crippen molar-refractivity contribution in [2.45, 2.75) is 54.4 Å². The predicted molar refractivity (Wildman–Crippen MR) is 104 cm³/mol. The lowest BCUT2D eigenvalue weighted by Gasteiger charge is -2.14. The molecule has 6 heteroatoms. The van der Waals surface area contributed by atoms with Crippen LogP contribution in [0.5, 0.6) is 0 Å². The van der Waals surface area contributed by atoms with E-state index in [2.05, 4.69) is 6.92 Å². The van der Waals surface area contributed by atoms with Crippen LogP contribution < -0.4 is 0 Å². The van der Waals surface area contributed by atoms with Gasteiger partial charge in [0.05, 0.1) is 52.7 Å². The average Bonchev–Trinajstić information content (AvgIpc) is 2.67. The molecule has 0 N–H and O–H groups in total. The van der Waals surface area contributed by atoms with Crippen LogP contribution >= 0.6 is 0 Å². The number of carbonyl (C=O) groups is 1. The van der Waals surface area contributed by atoms with E-state index in [-0.39, 0.29) is 5.91 Å². The Morgan fingerprint density at radius 2 is 1.04 bits per heavy atom. The van der Waals surface area contributed by atoms with Gasteiger partial charge in [0.2, 0.25) is 5.91 Å². The predicted octanol–water partition coefficient (Wildman–Crippen LogP) is 3.38. The van der Waals surface area contributed by atoms with Gasteiger partial charge in [-0.1, -0.05) is 34.6 Å². The first-order chi connectivity index (χ1) is 12.2. The van der Waals surface area contributed by atoms with E-state index < -0.39 is 0 Å². The Balaban J connectivity index is -0.00000112. The maximum Gasteiger partial charge on any atom is 0.224 e. The largest absolute Gasteiger partial charge is 0.379 e. The first kappa shape index (κ1) is 29.1. The molecule has 0 saturated heterocycles. The van der Waals surface area contributed by atoms with E-state index in [1.807, 2.05) is 34.6 Å². The van der Waals surface area contributed by atoms with Crippen molar-refractivity contribution in [3.8, 4) is 0 Å². The quantitative estimate of drug-likeness (QED) is 0.416. The Morgan fingerprint density at radius 3 is 1.40 bits per heavy atom. The van der Waals surface area contributed by atoms with Gasteiger partial charge in [-0.05, 0) is 13.3 Å². The van der Waals surface area contributed by atoms with E-state index in [4.69, 9.17) is 18.9 Å². The van der Waals surface area contributed by atoms with Gasteiger partial charge in [0.1, 0.15) is 0 Å². The number of ether oxygens (including phenoxy) is 4. The fourth-order valence-corrected chi connectivity index (χ4v) is 1.43. The molecule has 0 saturated carbocycles. The Labute approximate surface area is 156 Å². The lowest BCUT2D eigenvalue weighted by molar-refractivity contribution is -0.131. The summed E-state index contributed by atoms with van der Waals surface area (Å²) in [6.45, 7) is 17.4. The lowest BCUT2D eigenvalue weighted by Crippen LogP contribution is -2.27. The standard InChI is InChI=1S/C15H31NO5.2C2H6/c1-4-7-18-9-11-20-13-14-21-12-10-19-8-6-15(17)16(3)5-2;2*1-2/h4-14H2,1-3H3;2*1-2H3. The molecule has 0 fully saturated rings. The second kappa shape index (κ2) is 28.1. The van der Waals surface area contributed by atoms with E-state index in [1.165, 1.54) is 0 Å². The first-order valence-corrected chi connectivity index (χ1v) is 9.77. The van der Waals surface area contributed by atoms with Crippen molar-refractivity contribution < 1.29 is 23.7 Å². The molecule has 154 valence electrons. The third-order valence-electron chi connectivity index (χ3n) is 2.82.